The molecule has 0 radical (unpaired) electrons. The van der Waals surface area contributed by atoms with Gasteiger partial charge in [0.25, 0.3) is 0 Å². The molecule has 0 fully saturated rings. The summed E-state index contributed by atoms with van der Waals surface area (Å²) in [6, 6.07) is 0.122. The average molecular weight is 289 g/mol. The molecule has 0 aliphatic rings. The topological polar surface area (TPSA) is 72.9 Å². The van der Waals surface area contributed by atoms with Gasteiger partial charge in [0.2, 0.25) is 5.91 Å². The summed E-state index contributed by atoms with van der Waals surface area (Å²) in [5.74, 6) is 0.0761. The van der Waals surface area contributed by atoms with Gasteiger partial charge < -0.3 is 11.1 Å². The Labute approximate surface area is 121 Å². The molecule has 5 nitrogen and oxygen atoms in total. The number of amides is 1. The summed E-state index contributed by atoms with van der Waals surface area (Å²) in [6.07, 6.45) is 2.06. The van der Waals surface area contributed by atoms with Crippen molar-refractivity contribution in [1.82, 2.24) is 15.1 Å². The third kappa shape index (κ3) is 5.20. The maximum Gasteiger partial charge on any atom is 0.220 e. The quantitative estimate of drug-likeness (QED) is 0.827. The molecule has 1 rings (SSSR count). The van der Waals surface area contributed by atoms with Gasteiger partial charge in [-0.1, -0.05) is 0 Å². The molecule has 0 spiro atoms. The van der Waals surface area contributed by atoms with Crippen LogP contribution in [0.1, 0.15) is 36.7 Å². The van der Waals surface area contributed by atoms with E-state index in [0.717, 1.165) is 24.2 Å². The minimum Gasteiger partial charge on any atom is -0.353 e. The van der Waals surface area contributed by atoms with Gasteiger partial charge in [-0.3, -0.25) is 9.48 Å². The molecule has 0 bridgehead atoms. The van der Waals surface area contributed by atoms with E-state index >= 15 is 0 Å². The summed E-state index contributed by atoms with van der Waals surface area (Å²) in [5, 5.41) is 7.38. The predicted octanol–water partition coefficient (Wildman–Crippen LogP) is 1.24. The van der Waals surface area contributed by atoms with Crippen molar-refractivity contribution in [1.29, 1.82) is 0 Å². The Kier molecular flexibility index (Phi) is 7.71. The van der Waals surface area contributed by atoms with Gasteiger partial charge in [-0.2, -0.15) is 5.10 Å². The van der Waals surface area contributed by atoms with E-state index in [2.05, 4.69) is 17.3 Å². The minimum atomic E-state index is 0. The van der Waals surface area contributed by atoms with Gasteiger partial charge in [0.1, 0.15) is 0 Å². The van der Waals surface area contributed by atoms with Gasteiger partial charge in [0.15, 0.2) is 0 Å². The Bertz CT molecular complexity index is 417. The minimum absolute atomic E-state index is 0. The first kappa shape index (κ1) is 17.9. The van der Waals surface area contributed by atoms with Crippen molar-refractivity contribution in [2.45, 2.75) is 46.1 Å². The number of rotatable bonds is 6. The first-order chi connectivity index (χ1) is 8.45. The normalized spacial score (nSPS) is 11.8. The molecule has 1 heterocycles. The Morgan fingerprint density at radius 2 is 2.11 bits per heavy atom. The Morgan fingerprint density at radius 1 is 1.47 bits per heavy atom. The second-order valence-corrected chi connectivity index (χ2v) is 4.84. The number of aryl methyl sites for hydroxylation is 2. The lowest BCUT2D eigenvalue weighted by Gasteiger charge is -2.14. The maximum absolute atomic E-state index is 11.6. The first-order valence-corrected chi connectivity index (χ1v) is 6.44. The van der Waals surface area contributed by atoms with Gasteiger partial charge in [-0.05, 0) is 45.7 Å². The SMILES string of the molecule is Cc1nn(C)c(C)c1CC(C)NC(=O)CCCN.Cl. The van der Waals surface area contributed by atoms with E-state index in [9.17, 15) is 4.79 Å². The van der Waals surface area contributed by atoms with Crippen LogP contribution in [-0.4, -0.2) is 28.3 Å². The number of carbonyl (C=O) groups excluding carboxylic acids is 1. The van der Waals surface area contributed by atoms with Crippen molar-refractivity contribution in [3.63, 3.8) is 0 Å². The molecule has 1 unspecified atom stereocenters. The number of aromatic nitrogens is 2. The largest absolute Gasteiger partial charge is 0.353 e. The lowest BCUT2D eigenvalue weighted by molar-refractivity contribution is -0.121. The first-order valence-electron chi connectivity index (χ1n) is 6.44. The monoisotopic (exact) mass is 288 g/mol. The zero-order valence-corrected chi connectivity index (χ0v) is 13.0. The molecule has 0 aliphatic carbocycles. The van der Waals surface area contributed by atoms with E-state index in [-0.39, 0.29) is 24.4 Å². The van der Waals surface area contributed by atoms with Gasteiger partial charge in [0.05, 0.1) is 5.69 Å². The van der Waals surface area contributed by atoms with Crippen molar-refractivity contribution < 1.29 is 4.79 Å². The van der Waals surface area contributed by atoms with E-state index in [1.54, 1.807) is 0 Å². The molecule has 6 heteroatoms. The van der Waals surface area contributed by atoms with Crippen LogP contribution in [0.5, 0.6) is 0 Å². The van der Waals surface area contributed by atoms with Crippen molar-refractivity contribution >= 4 is 18.3 Å². The van der Waals surface area contributed by atoms with Gasteiger partial charge in [-0.15, -0.1) is 12.4 Å². The number of nitrogens with one attached hydrogen (secondary N) is 1. The van der Waals surface area contributed by atoms with Crippen molar-refractivity contribution in [3.8, 4) is 0 Å². The average Bonchev–Trinajstić information content (AvgIpc) is 2.53. The standard InChI is InChI=1S/C13H24N4O.ClH/c1-9(15-13(18)6-5-7-14)8-12-10(2)16-17(4)11(12)3;/h9H,5-8,14H2,1-4H3,(H,15,18);1H. The van der Waals surface area contributed by atoms with Crippen molar-refractivity contribution in [2.24, 2.45) is 12.8 Å². The number of hydrogen-bond acceptors (Lipinski definition) is 3. The predicted molar refractivity (Wildman–Crippen MR) is 79.5 cm³/mol. The highest BCUT2D eigenvalue weighted by molar-refractivity contribution is 5.85. The van der Waals surface area contributed by atoms with E-state index in [4.69, 9.17) is 5.73 Å². The smallest absolute Gasteiger partial charge is 0.220 e. The van der Waals surface area contributed by atoms with Crippen molar-refractivity contribution in [2.75, 3.05) is 6.54 Å². The molecule has 1 aromatic heterocycles. The summed E-state index contributed by atoms with van der Waals surface area (Å²) in [5.41, 5.74) is 8.81. The van der Waals surface area contributed by atoms with Crippen LogP contribution in [0.2, 0.25) is 0 Å². The second kappa shape index (κ2) is 8.17. The third-order valence-electron chi connectivity index (χ3n) is 3.18. The zero-order chi connectivity index (χ0) is 13.7. The molecule has 110 valence electrons. The third-order valence-corrected chi connectivity index (χ3v) is 3.18. The van der Waals surface area contributed by atoms with Gasteiger partial charge >= 0.3 is 0 Å². The fraction of sp³-hybridized carbons (Fsp3) is 0.692. The van der Waals surface area contributed by atoms with Crippen LogP contribution in [0.25, 0.3) is 0 Å². The van der Waals surface area contributed by atoms with Crippen molar-refractivity contribution in [3.05, 3.63) is 17.0 Å². The van der Waals surface area contributed by atoms with Crippen LogP contribution in [-0.2, 0) is 18.3 Å². The molecule has 0 saturated heterocycles. The molecular formula is C13H25ClN4O. The summed E-state index contributed by atoms with van der Waals surface area (Å²) in [7, 11) is 1.94. The van der Waals surface area contributed by atoms with Gasteiger partial charge in [-0.25, -0.2) is 0 Å². The van der Waals surface area contributed by atoms with Crippen LogP contribution in [0.3, 0.4) is 0 Å². The molecule has 3 N–H and O–H groups in total. The van der Waals surface area contributed by atoms with Gasteiger partial charge in [0, 0.05) is 25.2 Å². The van der Waals surface area contributed by atoms with Crippen LogP contribution < -0.4 is 11.1 Å². The van der Waals surface area contributed by atoms with Crippen LogP contribution in [0.15, 0.2) is 0 Å². The van der Waals surface area contributed by atoms with E-state index < -0.39 is 0 Å². The van der Waals surface area contributed by atoms with E-state index in [1.807, 2.05) is 25.6 Å². The molecule has 19 heavy (non-hydrogen) atoms. The number of nitrogens with zero attached hydrogens (tertiary/aromatic N) is 2. The van der Waals surface area contributed by atoms with E-state index in [0.29, 0.717) is 13.0 Å². The molecular weight excluding hydrogens is 264 g/mol. The Hall–Kier alpha value is -1.07. The summed E-state index contributed by atoms with van der Waals surface area (Å²) in [4.78, 5) is 11.6. The number of hydrogen-bond donors (Lipinski definition) is 2. The molecule has 0 saturated carbocycles. The number of carbonyl (C=O) groups is 1. The second-order valence-electron chi connectivity index (χ2n) is 4.84. The number of nitrogens with two attached hydrogens (primary N) is 1. The highest BCUT2D eigenvalue weighted by atomic mass is 35.5. The Morgan fingerprint density at radius 3 is 2.58 bits per heavy atom. The molecule has 0 aliphatic heterocycles. The highest BCUT2D eigenvalue weighted by Gasteiger charge is 2.14. The van der Waals surface area contributed by atoms with Crippen LogP contribution in [0.4, 0.5) is 0 Å². The lowest BCUT2D eigenvalue weighted by atomic mass is 10.1. The number of halogens is 1. The van der Waals surface area contributed by atoms with Crippen LogP contribution in [0, 0.1) is 13.8 Å². The molecule has 0 aromatic carbocycles. The molecule has 1 aromatic rings. The molecule has 1 amide bonds. The Balaban J connectivity index is 0.00000324. The lowest BCUT2D eigenvalue weighted by Crippen LogP contribution is -2.34. The molecule has 1 atom stereocenters. The maximum atomic E-state index is 11.6. The summed E-state index contributed by atoms with van der Waals surface area (Å²) < 4.78 is 1.88. The fourth-order valence-corrected chi connectivity index (χ4v) is 2.08. The zero-order valence-electron chi connectivity index (χ0n) is 12.2. The summed E-state index contributed by atoms with van der Waals surface area (Å²) >= 11 is 0. The highest BCUT2D eigenvalue weighted by Crippen LogP contribution is 2.14. The van der Waals surface area contributed by atoms with E-state index in [1.165, 1.54) is 5.56 Å². The summed E-state index contributed by atoms with van der Waals surface area (Å²) in [6.45, 7) is 6.64. The fourth-order valence-electron chi connectivity index (χ4n) is 2.08. The van der Waals surface area contributed by atoms with Crippen LogP contribution >= 0.6 is 12.4 Å².